The first-order valence-corrected chi connectivity index (χ1v) is 3.93. The molecule has 14 heavy (non-hydrogen) atoms. The second kappa shape index (κ2) is 4.58. The van der Waals surface area contributed by atoms with Gasteiger partial charge in [0.15, 0.2) is 17.4 Å². The highest BCUT2D eigenvalue weighted by molar-refractivity contribution is 5.31. The van der Waals surface area contributed by atoms with Gasteiger partial charge in [-0.2, -0.15) is 0 Å². The zero-order valence-corrected chi connectivity index (χ0v) is 7.39. The molecule has 0 spiro atoms. The Hall–Kier alpha value is -1.60. The van der Waals surface area contributed by atoms with E-state index in [0.717, 1.165) is 12.1 Å². The molecule has 0 saturated carbocycles. The van der Waals surface area contributed by atoms with Crippen molar-refractivity contribution in [3.63, 3.8) is 0 Å². The van der Waals surface area contributed by atoms with E-state index in [2.05, 4.69) is 10.7 Å². The largest absolute Gasteiger partial charge is 0.475 e. The van der Waals surface area contributed by atoms with Crippen LogP contribution >= 0.6 is 0 Å². The summed E-state index contributed by atoms with van der Waals surface area (Å²) < 4.78 is 31.0. The quantitative estimate of drug-likeness (QED) is 0.744. The molecule has 0 atom stereocenters. The number of halogens is 2. The fourth-order valence-corrected chi connectivity index (χ4v) is 0.982. The Bertz CT molecular complexity index is 348. The van der Waals surface area contributed by atoms with Crippen molar-refractivity contribution in [1.29, 1.82) is 0 Å². The van der Waals surface area contributed by atoms with E-state index in [0.29, 0.717) is 5.56 Å². The van der Waals surface area contributed by atoms with Crippen LogP contribution in [0, 0.1) is 24.0 Å². The van der Waals surface area contributed by atoms with Crippen LogP contribution in [-0.2, 0) is 6.54 Å². The summed E-state index contributed by atoms with van der Waals surface area (Å²) in [5, 5.41) is 0. The molecular formula is C10H9F2NO. The van der Waals surface area contributed by atoms with Gasteiger partial charge in [-0.1, -0.05) is 5.92 Å². The van der Waals surface area contributed by atoms with Crippen molar-refractivity contribution >= 4 is 0 Å². The lowest BCUT2D eigenvalue weighted by Gasteiger charge is -2.06. The maximum absolute atomic E-state index is 13.1. The van der Waals surface area contributed by atoms with Crippen LogP contribution in [-0.4, -0.2) is 6.61 Å². The molecule has 0 aliphatic heterocycles. The monoisotopic (exact) mass is 197 g/mol. The molecule has 0 unspecified atom stereocenters. The van der Waals surface area contributed by atoms with Crippen LogP contribution < -0.4 is 10.5 Å². The number of hydrogen-bond donors (Lipinski definition) is 1. The third-order valence-corrected chi connectivity index (χ3v) is 1.59. The number of terminal acetylenes is 1. The van der Waals surface area contributed by atoms with Crippen LogP contribution in [0.4, 0.5) is 8.78 Å². The Labute approximate surface area is 80.7 Å². The van der Waals surface area contributed by atoms with E-state index in [4.69, 9.17) is 12.2 Å². The van der Waals surface area contributed by atoms with E-state index in [9.17, 15) is 8.78 Å². The van der Waals surface area contributed by atoms with Gasteiger partial charge in [-0.3, -0.25) is 0 Å². The van der Waals surface area contributed by atoms with Gasteiger partial charge in [0.05, 0.1) is 0 Å². The first-order valence-electron chi connectivity index (χ1n) is 3.93. The Morgan fingerprint density at radius 2 is 1.93 bits per heavy atom. The molecule has 0 aliphatic rings. The Kier molecular flexibility index (Phi) is 3.43. The van der Waals surface area contributed by atoms with Crippen molar-refractivity contribution in [3.8, 4) is 18.1 Å². The first kappa shape index (κ1) is 10.5. The number of rotatable bonds is 3. The maximum atomic E-state index is 13.1. The number of nitrogens with two attached hydrogens (primary N) is 1. The SMILES string of the molecule is C#CCOc1c(F)cc(CN)cc1F. The van der Waals surface area contributed by atoms with E-state index in [1.165, 1.54) is 0 Å². The highest BCUT2D eigenvalue weighted by atomic mass is 19.1. The average molecular weight is 197 g/mol. The Balaban J connectivity index is 3.00. The van der Waals surface area contributed by atoms with E-state index in [1.54, 1.807) is 0 Å². The minimum atomic E-state index is -0.791. The van der Waals surface area contributed by atoms with Crippen molar-refractivity contribution in [2.24, 2.45) is 5.73 Å². The smallest absolute Gasteiger partial charge is 0.192 e. The lowest BCUT2D eigenvalue weighted by molar-refractivity contribution is 0.326. The van der Waals surface area contributed by atoms with Gasteiger partial charge < -0.3 is 10.5 Å². The van der Waals surface area contributed by atoms with Crippen LogP contribution in [0.15, 0.2) is 12.1 Å². The van der Waals surface area contributed by atoms with Crippen molar-refractivity contribution in [1.82, 2.24) is 0 Å². The predicted molar refractivity (Wildman–Crippen MR) is 48.6 cm³/mol. The van der Waals surface area contributed by atoms with Gasteiger partial charge in [0.25, 0.3) is 0 Å². The molecule has 0 aliphatic carbocycles. The van der Waals surface area contributed by atoms with Crippen LogP contribution in [0.25, 0.3) is 0 Å². The fourth-order valence-electron chi connectivity index (χ4n) is 0.982. The summed E-state index contributed by atoms with van der Waals surface area (Å²) in [6.45, 7) is -0.0981. The van der Waals surface area contributed by atoms with Gasteiger partial charge in [-0.25, -0.2) is 8.78 Å². The van der Waals surface area contributed by atoms with Gasteiger partial charge in [0.1, 0.15) is 6.61 Å². The summed E-state index contributed by atoms with van der Waals surface area (Å²) in [5.74, 6) is 0.0787. The molecule has 0 heterocycles. The van der Waals surface area contributed by atoms with Gasteiger partial charge in [-0.05, 0) is 17.7 Å². The zero-order chi connectivity index (χ0) is 10.6. The molecule has 0 saturated heterocycles. The van der Waals surface area contributed by atoms with Gasteiger partial charge in [0, 0.05) is 6.54 Å². The van der Waals surface area contributed by atoms with Crippen molar-refractivity contribution in [2.45, 2.75) is 6.54 Å². The van der Waals surface area contributed by atoms with Crippen LogP contribution in [0.2, 0.25) is 0 Å². The highest BCUT2D eigenvalue weighted by Gasteiger charge is 2.11. The van der Waals surface area contributed by atoms with E-state index in [1.807, 2.05) is 0 Å². The molecule has 2 N–H and O–H groups in total. The molecule has 2 nitrogen and oxygen atoms in total. The second-order valence-corrected chi connectivity index (χ2v) is 2.59. The predicted octanol–water partition coefficient (Wildman–Crippen LogP) is 1.44. The lowest BCUT2D eigenvalue weighted by atomic mass is 10.2. The molecule has 1 aromatic rings. The zero-order valence-electron chi connectivity index (χ0n) is 7.39. The van der Waals surface area contributed by atoms with Gasteiger partial charge >= 0.3 is 0 Å². The minimum Gasteiger partial charge on any atom is -0.475 e. The third-order valence-electron chi connectivity index (χ3n) is 1.59. The molecule has 0 aromatic heterocycles. The third kappa shape index (κ3) is 2.21. The highest BCUT2D eigenvalue weighted by Crippen LogP contribution is 2.22. The van der Waals surface area contributed by atoms with Crippen LogP contribution in [0.5, 0.6) is 5.75 Å². The topological polar surface area (TPSA) is 35.2 Å². The molecule has 74 valence electrons. The van der Waals surface area contributed by atoms with Gasteiger partial charge in [-0.15, -0.1) is 6.42 Å². The van der Waals surface area contributed by atoms with E-state index >= 15 is 0 Å². The summed E-state index contributed by atoms with van der Waals surface area (Å²) in [6, 6.07) is 2.24. The molecule has 0 bridgehead atoms. The fraction of sp³-hybridized carbons (Fsp3) is 0.200. The molecule has 0 amide bonds. The molecule has 0 radical (unpaired) electrons. The first-order chi connectivity index (χ1) is 6.69. The van der Waals surface area contributed by atoms with Gasteiger partial charge in [0.2, 0.25) is 0 Å². The number of ether oxygens (including phenoxy) is 1. The summed E-state index contributed by atoms with van der Waals surface area (Å²) >= 11 is 0. The summed E-state index contributed by atoms with van der Waals surface area (Å²) in [7, 11) is 0. The summed E-state index contributed by atoms with van der Waals surface area (Å²) in [6.07, 6.45) is 4.89. The molecule has 0 fully saturated rings. The second-order valence-electron chi connectivity index (χ2n) is 2.59. The normalized spacial score (nSPS) is 9.57. The maximum Gasteiger partial charge on any atom is 0.192 e. The summed E-state index contributed by atoms with van der Waals surface area (Å²) in [5.41, 5.74) is 5.60. The van der Waals surface area contributed by atoms with E-state index in [-0.39, 0.29) is 13.2 Å². The average Bonchev–Trinajstić information content (AvgIpc) is 2.16. The molecule has 4 heteroatoms. The number of hydrogen-bond acceptors (Lipinski definition) is 2. The Morgan fingerprint density at radius 1 is 1.36 bits per heavy atom. The minimum absolute atomic E-state index is 0.0727. The van der Waals surface area contributed by atoms with E-state index < -0.39 is 17.4 Å². The van der Waals surface area contributed by atoms with Crippen molar-refractivity contribution in [3.05, 3.63) is 29.3 Å². The molecular weight excluding hydrogens is 188 g/mol. The van der Waals surface area contributed by atoms with Crippen molar-refractivity contribution in [2.75, 3.05) is 6.61 Å². The Morgan fingerprint density at radius 3 is 2.36 bits per heavy atom. The molecule has 1 aromatic carbocycles. The van der Waals surface area contributed by atoms with Crippen LogP contribution in [0.3, 0.4) is 0 Å². The number of benzene rings is 1. The molecule has 1 rings (SSSR count). The van der Waals surface area contributed by atoms with Crippen molar-refractivity contribution < 1.29 is 13.5 Å². The van der Waals surface area contributed by atoms with Crippen LogP contribution in [0.1, 0.15) is 5.56 Å². The standard InChI is InChI=1S/C10H9F2NO/c1-2-3-14-10-8(11)4-7(6-13)5-9(10)12/h1,4-5H,3,6,13H2. The lowest BCUT2D eigenvalue weighted by Crippen LogP contribution is -2.03. The summed E-state index contributed by atoms with van der Waals surface area (Å²) in [4.78, 5) is 0.